The molecular formula is C14H13Br2N3O. The average molecular weight is 399 g/mol. The fraction of sp³-hybridized carbons (Fsp3) is 0.143. The van der Waals surface area contributed by atoms with Crippen LogP contribution in [0.3, 0.4) is 0 Å². The first-order chi connectivity index (χ1) is 9.51. The van der Waals surface area contributed by atoms with Gasteiger partial charge in [0.2, 0.25) is 0 Å². The van der Waals surface area contributed by atoms with Crippen LogP contribution >= 0.6 is 31.9 Å². The Hall–Kier alpha value is -1.24. The van der Waals surface area contributed by atoms with Crippen LogP contribution < -0.4 is 11.1 Å². The molecule has 0 atom stereocenters. The molecule has 20 heavy (non-hydrogen) atoms. The maximum Gasteiger partial charge on any atom is 0.255 e. The van der Waals surface area contributed by atoms with Gasteiger partial charge < -0.3 is 11.1 Å². The smallest absolute Gasteiger partial charge is 0.255 e. The Balaban J connectivity index is 2.28. The zero-order valence-electron chi connectivity index (χ0n) is 10.8. The molecule has 0 aliphatic carbocycles. The van der Waals surface area contributed by atoms with Crippen molar-refractivity contribution in [3.05, 3.63) is 56.2 Å². The van der Waals surface area contributed by atoms with E-state index in [0.29, 0.717) is 23.5 Å². The molecule has 0 aliphatic heterocycles. The zero-order valence-corrected chi connectivity index (χ0v) is 14.0. The largest absolute Gasteiger partial charge is 0.325 e. The van der Waals surface area contributed by atoms with E-state index in [-0.39, 0.29) is 5.91 Å². The summed E-state index contributed by atoms with van der Waals surface area (Å²) in [4.78, 5) is 16.3. The monoisotopic (exact) mass is 397 g/mol. The molecule has 1 heterocycles. The molecule has 0 spiro atoms. The van der Waals surface area contributed by atoms with Crippen molar-refractivity contribution in [1.29, 1.82) is 0 Å². The van der Waals surface area contributed by atoms with Gasteiger partial charge in [-0.25, -0.2) is 0 Å². The molecule has 2 aromatic rings. The van der Waals surface area contributed by atoms with Crippen molar-refractivity contribution in [2.75, 3.05) is 5.32 Å². The minimum absolute atomic E-state index is 0.202. The maximum atomic E-state index is 12.3. The number of anilines is 1. The van der Waals surface area contributed by atoms with Gasteiger partial charge in [-0.2, -0.15) is 0 Å². The fourth-order valence-corrected chi connectivity index (χ4v) is 3.35. The summed E-state index contributed by atoms with van der Waals surface area (Å²) in [5, 5.41) is 2.87. The summed E-state index contributed by atoms with van der Waals surface area (Å²) >= 11 is 6.90. The third-order valence-electron chi connectivity index (χ3n) is 2.71. The second-order valence-corrected chi connectivity index (χ2v) is 6.01. The van der Waals surface area contributed by atoms with Crippen LogP contribution in [0, 0.1) is 6.92 Å². The molecule has 1 amide bonds. The summed E-state index contributed by atoms with van der Waals surface area (Å²) in [6.07, 6.45) is 1.58. The van der Waals surface area contributed by atoms with E-state index in [1.807, 2.05) is 19.1 Å². The van der Waals surface area contributed by atoms with Gasteiger partial charge in [0.05, 0.1) is 11.4 Å². The van der Waals surface area contributed by atoms with Gasteiger partial charge in [0.25, 0.3) is 5.91 Å². The van der Waals surface area contributed by atoms with Crippen molar-refractivity contribution in [3.63, 3.8) is 0 Å². The van der Waals surface area contributed by atoms with E-state index in [2.05, 4.69) is 42.2 Å². The lowest BCUT2D eigenvalue weighted by Crippen LogP contribution is -2.14. The first-order valence-corrected chi connectivity index (χ1v) is 7.52. The van der Waals surface area contributed by atoms with E-state index in [1.54, 1.807) is 18.3 Å². The van der Waals surface area contributed by atoms with Crippen LogP contribution in [0.15, 0.2) is 39.4 Å². The topological polar surface area (TPSA) is 68.0 Å². The predicted octanol–water partition coefficient (Wildman–Crippen LogP) is 3.63. The van der Waals surface area contributed by atoms with Crippen LogP contribution in [0.2, 0.25) is 0 Å². The number of amides is 1. The molecule has 1 aromatic carbocycles. The van der Waals surface area contributed by atoms with Crippen molar-refractivity contribution < 1.29 is 4.79 Å². The molecule has 3 N–H and O–H groups in total. The number of nitrogens with two attached hydrogens (primary N) is 1. The first-order valence-electron chi connectivity index (χ1n) is 5.93. The number of benzene rings is 1. The van der Waals surface area contributed by atoms with E-state index in [4.69, 9.17) is 5.73 Å². The van der Waals surface area contributed by atoms with E-state index in [1.165, 1.54) is 0 Å². The van der Waals surface area contributed by atoms with Gasteiger partial charge in [0.15, 0.2) is 0 Å². The minimum Gasteiger partial charge on any atom is -0.325 e. The number of halogens is 2. The van der Waals surface area contributed by atoms with Crippen molar-refractivity contribution in [2.24, 2.45) is 5.73 Å². The average Bonchev–Trinajstić information content (AvgIpc) is 2.42. The third kappa shape index (κ3) is 3.45. The molecule has 0 aliphatic rings. The van der Waals surface area contributed by atoms with Gasteiger partial charge in [-0.1, -0.05) is 0 Å². The second kappa shape index (κ2) is 6.47. The molecule has 6 heteroatoms. The van der Waals surface area contributed by atoms with Crippen LogP contribution in [0.25, 0.3) is 0 Å². The van der Waals surface area contributed by atoms with Crippen molar-refractivity contribution in [1.82, 2.24) is 4.98 Å². The van der Waals surface area contributed by atoms with Crippen LogP contribution in [0.4, 0.5) is 5.69 Å². The molecule has 2 rings (SSSR count). The van der Waals surface area contributed by atoms with Gasteiger partial charge in [-0.05, 0) is 68.6 Å². The maximum absolute atomic E-state index is 12.3. The molecule has 0 saturated carbocycles. The van der Waals surface area contributed by atoms with E-state index >= 15 is 0 Å². The van der Waals surface area contributed by atoms with Crippen LogP contribution in [0.5, 0.6) is 0 Å². The van der Waals surface area contributed by atoms with Gasteiger partial charge in [0.1, 0.15) is 0 Å². The van der Waals surface area contributed by atoms with Crippen molar-refractivity contribution >= 4 is 43.5 Å². The summed E-state index contributed by atoms with van der Waals surface area (Å²) < 4.78 is 1.65. The quantitative estimate of drug-likeness (QED) is 0.829. The second-order valence-electron chi connectivity index (χ2n) is 4.30. The van der Waals surface area contributed by atoms with Crippen LogP contribution in [-0.4, -0.2) is 10.9 Å². The Kier molecular flexibility index (Phi) is 4.91. The van der Waals surface area contributed by atoms with Crippen molar-refractivity contribution in [2.45, 2.75) is 13.5 Å². The van der Waals surface area contributed by atoms with Gasteiger partial charge in [0, 0.05) is 27.3 Å². The number of carbonyl (C=O) groups excluding carboxylic acids is 1. The summed E-state index contributed by atoms with van der Waals surface area (Å²) in [7, 11) is 0. The number of hydrogen-bond acceptors (Lipinski definition) is 3. The fourth-order valence-electron chi connectivity index (χ4n) is 1.74. The number of rotatable bonds is 3. The normalized spacial score (nSPS) is 10.4. The highest BCUT2D eigenvalue weighted by Crippen LogP contribution is 2.32. The predicted molar refractivity (Wildman–Crippen MR) is 86.7 cm³/mol. The lowest BCUT2D eigenvalue weighted by Gasteiger charge is -2.11. The number of nitrogens with zero attached hydrogens (tertiary/aromatic N) is 1. The lowest BCUT2D eigenvalue weighted by atomic mass is 10.2. The number of aryl methyl sites for hydroxylation is 1. The molecular weight excluding hydrogens is 386 g/mol. The SMILES string of the molecule is Cc1cc(Br)c(NC(=O)c2ccnc(CN)c2)c(Br)c1. The number of carbonyl (C=O) groups is 1. The highest BCUT2D eigenvalue weighted by Gasteiger charge is 2.12. The number of nitrogens with one attached hydrogen (secondary N) is 1. The van der Waals surface area contributed by atoms with Gasteiger partial charge >= 0.3 is 0 Å². The molecule has 104 valence electrons. The van der Waals surface area contributed by atoms with E-state index in [0.717, 1.165) is 14.5 Å². The van der Waals surface area contributed by atoms with E-state index < -0.39 is 0 Å². The first kappa shape index (κ1) is 15.2. The Morgan fingerprint density at radius 3 is 2.55 bits per heavy atom. The Morgan fingerprint density at radius 2 is 1.95 bits per heavy atom. The van der Waals surface area contributed by atoms with Crippen LogP contribution in [-0.2, 0) is 6.54 Å². The van der Waals surface area contributed by atoms with Gasteiger partial charge in [-0.15, -0.1) is 0 Å². The summed E-state index contributed by atoms with van der Waals surface area (Å²) in [5.74, 6) is -0.202. The third-order valence-corrected chi connectivity index (χ3v) is 3.96. The minimum atomic E-state index is -0.202. The highest BCUT2D eigenvalue weighted by molar-refractivity contribution is 9.11. The van der Waals surface area contributed by atoms with Crippen molar-refractivity contribution in [3.8, 4) is 0 Å². The van der Waals surface area contributed by atoms with E-state index in [9.17, 15) is 4.79 Å². The lowest BCUT2D eigenvalue weighted by molar-refractivity contribution is 0.102. The number of hydrogen-bond donors (Lipinski definition) is 2. The molecule has 4 nitrogen and oxygen atoms in total. The number of aromatic nitrogens is 1. The molecule has 1 aromatic heterocycles. The zero-order chi connectivity index (χ0) is 14.7. The standard InChI is InChI=1S/C14H13Br2N3O/c1-8-4-11(15)13(12(16)5-8)19-14(20)9-2-3-18-10(6-9)7-17/h2-6H,7,17H2,1H3,(H,19,20). The Labute approximate surface area is 134 Å². The molecule has 0 bridgehead atoms. The Morgan fingerprint density at radius 1 is 1.30 bits per heavy atom. The van der Waals surface area contributed by atoms with Gasteiger partial charge in [-0.3, -0.25) is 9.78 Å². The molecule has 0 fully saturated rings. The Bertz CT molecular complexity index is 636. The molecule has 0 unspecified atom stereocenters. The molecule has 0 radical (unpaired) electrons. The highest BCUT2D eigenvalue weighted by atomic mass is 79.9. The summed E-state index contributed by atoms with van der Waals surface area (Å²) in [5.41, 5.74) is 8.53. The summed E-state index contributed by atoms with van der Waals surface area (Å²) in [6, 6.07) is 7.23. The van der Waals surface area contributed by atoms with Crippen LogP contribution in [0.1, 0.15) is 21.6 Å². The molecule has 0 saturated heterocycles. The number of pyridine rings is 1. The summed E-state index contributed by atoms with van der Waals surface area (Å²) in [6.45, 7) is 2.29.